The van der Waals surface area contributed by atoms with Crippen molar-refractivity contribution in [3.8, 4) is 5.75 Å². The largest absolute Gasteiger partial charge is 0.495 e. The summed E-state index contributed by atoms with van der Waals surface area (Å²) in [7, 11) is 1.53. The molecule has 3 N–H and O–H groups in total. The number of halogens is 2. The fourth-order valence-electron chi connectivity index (χ4n) is 2.52. The maximum atomic E-state index is 12.0. The summed E-state index contributed by atoms with van der Waals surface area (Å²) in [6.07, 6.45) is 1.89. The average Bonchev–Trinajstić information content (AvgIpc) is 2.56. The molecule has 1 aromatic rings. The lowest BCUT2D eigenvalue weighted by Gasteiger charge is -2.21. The first-order chi connectivity index (χ1) is 11.1. The molecule has 0 radical (unpaired) electrons. The first-order valence-electron chi connectivity index (χ1n) is 7.72. The normalized spacial score (nSPS) is 14.4. The van der Waals surface area contributed by atoms with Gasteiger partial charge < -0.3 is 20.7 Å². The number of amides is 2. The zero-order chi connectivity index (χ0) is 16.7. The molecule has 24 heavy (non-hydrogen) atoms. The molecule has 2 rings (SSSR count). The number of nitrogens with one attached hydrogen (secondary N) is 3. The van der Waals surface area contributed by atoms with E-state index in [-0.39, 0.29) is 36.6 Å². The SMILES string of the molecule is COc1ccc(Cl)cc1NC(=O)CCNC(=O)C1CCNCC1.Cl. The Bertz CT molecular complexity index is 563. The highest BCUT2D eigenvalue weighted by Gasteiger charge is 2.20. The maximum absolute atomic E-state index is 12.0. The number of rotatable bonds is 6. The Morgan fingerprint density at radius 1 is 1.33 bits per heavy atom. The van der Waals surface area contributed by atoms with Crippen LogP contribution in [0.5, 0.6) is 5.75 Å². The third-order valence-corrected chi connectivity index (χ3v) is 4.03. The molecule has 0 aliphatic carbocycles. The molecule has 8 heteroatoms. The number of carbonyl (C=O) groups is 2. The Labute approximate surface area is 153 Å². The highest BCUT2D eigenvalue weighted by Crippen LogP contribution is 2.27. The predicted molar refractivity (Wildman–Crippen MR) is 97.1 cm³/mol. The minimum absolute atomic E-state index is 0. The molecule has 134 valence electrons. The molecule has 1 fully saturated rings. The second-order valence-corrected chi connectivity index (χ2v) is 5.89. The number of methoxy groups -OCH3 is 1. The van der Waals surface area contributed by atoms with Crippen molar-refractivity contribution < 1.29 is 14.3 Å². The Kier molecular flexibility index (Phi) is 8.89. The van der Waals surface area contributed by atoms with Crippen LogP contribution >= 0.6 is 24.0 Å². The Hall–Kier alpha value is -1.50. The van der Waals surface area contributed by atoms with Gasteiger partial charge in [-0.15, -0.1) is 12.4 Å². The molecule has 1 saturated heterocycles. The molecule has 0 atom stereocenters. The molecule has 1 aliphatic rings. The number of carbonyl (C=O) groups excluding carboxylic acids is 2. The molecule has 1 aromatic carbocycles. The molecule has 0 spiro atoms. The summed E-state index contributed by atoms with van der Waals surface area (Å²) in [6.45, 7) is 2.05. The predicted octanol–water partition coefficient (Wildman–Crippen LogP) is 2.21. The lowest BCUT2D eigenvalue weighted by Crippen LogP contribution is -2.39. The van der Waals surface area contributed by atoms with Gasteiger partial charge in [0.05, 0.1) is 12.8 Å². The van der Waals surface area contributed by atoms with Crippen molar-refractivity contribution in [2.24, 2.45) is 5.92 Å². The summed E-state index contributed by atoms with van der Waals surface area (Å²) < 4.78 is 5.17. The molecule has 0 unspecified atom stereocenters. The van der Waals surface area contributed by atoms with Crippen molar-refractivity contribution in [2.45, 2.75) is 19.3 Å². The Morgan fingerprint density at radius 2 is 2.04 bits per heavy atom. The molecule has 1 aliphatic heterocycles. The molecular formula is C16H23Cl2N3O3. The Balaban J connectivity index is 0.00000288. The van der Waals surface area contributed by atoms with E-state index in [1.165, 1.54) is 7.11 Å². The number of anilines is 1. The van der Waals surface area contributed by atoms with Crippen molar-refractivity contribution >= 4 is 41.5 Å². The van der Waals surface area contributed by atoms with Crippen LogP contribution in [-0.4, -0.2) is 38.6 Å². The zero-order valence-electron chi connectivity index (χ0n) is 13.6. The van der Waals surface area contributed by atoms with Gasteiger partial charge in [-0.25, -0.2) is 0 Å². The maximum Gasteiger partial charge on any atom is 0.226 e. The van der Waals surface area contributed by atoms with Crippen LogP contribution in [0.15, 0.2) is 18.2 Å². The van der Waals surface area contributed by atoms with Gasteiger partial charge in [-0.2, -0.15) is 0 Å². The summed E-state index contributed by atoms with van der Waals surface area (Å²) >= 11 is 5.92. The topological polar surface area (TPSA) is 79.5 Å². The third-order valence-electron chi connectivity index (χ3n) is 3.80. The van der Waals surface area contributed by atoms with E-state index in [9.17, 15) is 9.59 Å². The number of ether oxygens (including phenoxy) is 1. The number of hydrogen-bond acceptors (Lipinski definition) is 4. The van der Waals surface area contributed by atoms with Crippen molar-refractivity contribution in [3.63, 3.8) is 0 Å². The van der Waals surface area contributed by atoms with Crippen LogP contribution in [0, 0.1) is 5.92 Å². The van der Waals surface area contributed by atoms with E-state index in [1.807, 2.05) is 0 Å². The van der Waals surface area contributed by atoms with Gasteiger partial charge in [0.2, 0.25) is 11.8 Å². The van der Waals surface area contributed by atoms with Crippen LogP contribution in [0.4, 0.5) is 5.69 Å². The van der Waals surface area contributed by atoms with Gasteiger partial charge in [0.15, 0.2) is 0 Å². The second-order valence-electron chi connectivity index (χ2n) is 5.46. The van der Waals surface area contributed by atoms with E-state index < -0.39 is 0 Å². The quantitative estimate of drug-likeness (QED) is 0.711. The minimum atomic E-state index is -0.198. The van der Waals surface area contributed by atoms with Crippen LogP contribution in [0.3, 0.4) is 0 Å². The van der Waals surface area contributed by atoms with E-state index >= 15 is 0 Å². The highest BCUT2D eigenvalue weighted by atomic mass is 35.5. The smallest absolute Gasteiger partial charge is 0.226 e. The molecular weight excluding hydrogens is 353 g/mol. The van der Waals surface area contributed by atoms with Crippen molar-refractivity contribution in [1.82, 2.24) is 10.6 Å². The monoisotopic (exact) mass is 375 g/mol. The van der Waals surface area contributed by atoms with Crippen LogP contribution < -0.4 is 20.7 Å². The zero-order valence-corrected chi connectivity index (χ0v) is 15.1. The van der Waals surface area contributed by atoms with E-state index in [0.29, 0.717) is 23.0 Å². The fraction of sp³-hybridized carbons (Fsp3) is 0.500. The standard InChI is InChI=1S/C16H22ClN3O3.ClH/c1-23-14-3-2-12(17)10-13(14)20-15(21)6-9-19-16(22)11-4-7-18-8-5-11;/h2-3,10-11,18H,4-9H2,1H3,(H,19,22)(H,20,21);1H. The Morgan fingerprint density at radius 3 is 2.71 bits per heavy atom. The molecule has 1 heterocycles. The van der Waals surface area contributed by atoms with E-state index in [2.05, 4.69) is 16.0 Å². The van der Waals surface area contributed by atoms with Gasteiger partial charge >= 0.3 is 0 Å². The summed E-state index contributed by atoms with van der Waals surface area (Å²) in [6, 6.07) is 5.01. The van der Waals surface area contributed by atoms with Gasteiger partial charge in [0, 0.05) is 23.9 Å². The number of piperidine rings is 1. The van der Waals surface area contributed by atoms with Crippen LogP contribution in [0.2, 0.25) is 5.02 Å². The van der Waals surface area contributed by atoms with Crippen LogP contribution in [0.25, 0.3) is 0 Å². The second kappa shape index (κ2) is 10.4. The molecule has 0 saturated carbocycles. The summed E-state index contributed by atoms with van der Waals surface area (Å²) in [5, 5.41) is 9.30. The summed E-state index contributed by atoms with van der Waals surface area (Å²) in [4.78, 5) is 24.0. The van der Waals surface area contributed by atoms with Gasteiger partial charge in [-0.3, -0.25) is 9.59 Å². The van der Waals surface area contributed by atoms with E-state index in [4.69, 9.17) is 16.3 Å². The highest BCUT2D eigenvalue weighted by molar-refractivity contribution is 6.31. The van der Waals surface area contributed by atoms with Crippen LogP contribution in [0.1, 0.15) is 19.3 Å². The molecule has 0 bridgehead atoms. The van der Waals surface area contributed by atoms with Crippen LogP contribution in [-0.2, 0) is 9.59 Å². The van der Waals surface area contributed by atoms with Gasteiger partial charge in [-0.1, -0.05) is 11.6 Å². The van der Waals surface area contributed by atoms with E-state index in [0.717, 1.165) is 25.9 Å². The van der Waals surface area contributed by atoms with Gasteiger partial charge in [0.25, 0.3) is 0 Å². The minimum Gasteiger partial charge on any atom is -0.495 e. The van der Waals surface area contributed by atoms with Crippen molar-refractivity contribution in [2.75, 3.05) is 32.1 Å². The first kappa shape index (κ1) is 20.5. The molecule has 2 amide bonds. The van der Waals surface area contributed by atoms with Crippen molar-refractivity contribution in [3.05, 3.63) is 23.2 Å². The molecule has 6 nitrogen and oxygen atoms in total. The first-order valence-corrected chi connectivity index (χ1v) is 8.09. The lowest BCUT2D eigenvalue weighted by atomic mass is 9.97. The van der Waals surface area contributed by atoms with Crippen molar-refractivity contribution in [1.29, 1.82) is 0 Å². The molecule has 0 aromatic heterocycles. The fourth-order valence-corrected chi connectivity index (χ4v) is 2.69. The number of hydrogen-bond donors (Lipinski definition) is 3. The summed E-state index contributed by atoms with van der Waals surface area (Å²) in [5.74, 6) is 0.421. The lowest BCUT2D eigenvalue weighted by molar-refractivity contribution is -0.125. The van der Waals surface area contributed by atoms with E-state index in [1.54, 1.807) is 18.2 Å². The number of benzene rings is 1. The van der Waals surface area contributed by atoms with Gasteiger partial charge in [-0.05, 0) is 44.1 Å². The average molecular weight is 376 g/mol. The third kappa shape index (κ3) is 6.19. The van der Waals surface area contributed by atoms with Gasteiger partial charge in [0.1, 0.15) is 5.75 Å². The summed E-state index contributed by atoms with van der Waals surface area (Å²) in [5.41, 5.74) is 0.523.